The van der Waals surface area contributed by atoms with Gasteiger partial charge in [0.1, 0.15) is 0 Å². The smallest absolute Gasteiger partial charge is 0.192 e. The summed E-state index contributed by atoms with van der Waals surface area (Å²) in [6.07, 6.45) is 22.4. The van der Waals surface area contributed by atoms with Crippen LogP contribution >= 0.6 is 0 Å². The van der Waals surface area contributed by atoms with E-state index in [0.717, 1.165) is 25.2 Å². The Morgan fingerprint density at radius 1 is 0.756 bits per heavy atom. The molecule has 0 aromatic heterocycles. The first-order chi connectivity index (χ1) is 20.3. The third-order valence-corrected chi connectivity index (χ3v) is 22.4. The fraction of sp³-hybridized carbons (Fsp3) is 0.897. The van der Waals surface area contributed by atoms with E-state index in [1.54, 1.807) is 11.1 Å². The largest absolute Gasteiger partial charge is 0.414 e. The lowest BCUT2D eigenvalue weighted by Crippen LogP contribution is -2.48. The van der Waals surface area contributed by atoms with Crippen LogP contribution in [0.15, 0.2) is 23.3 Å². The van der Waals surface area contributed by atoms with Crippen LogP contribution in [-0.4, -0.2) is 42.8 Å². The Morgan fingerprint density at radius 2 is 1.29 bits per heavy atom. The van der Waals surface area contributed by atoms with Crippen LogP contribution in [0.2, 0.25) is 55.9 Å². The van der Waals surface area contributed by atoms with Gasteiger partial charge in [-0.15, -0.1) is 0 Å². The van der Waals surface area contributed by atoms with E-state index in [4.69, 9.17) is 13.3 Å². The maximum Gasteiger partial charge on any atom is 0.192 e. The number of hydrogen-bond donors (Lipinski definition) is 0. The molecule has 3 aliphatic rings. The Morgan fingerprint density at radius 3 is 1.80 bits per heavy atom. The summed E-state index contributed by atoms with van der Waals surface area (Å²) in [6, 6.07) is 0. The van der Waals surface area contributed by atoms with E-state index in [-0.39, 0.29) is 27.9 Å². The van der Waals surface area contributed by atoms with Gasteiger partial charge in [0, 0.05) is 0 Å². The number of hydrogen-bond acceptors (Lipinski definition) is 3. The zero-order chi connectivity index (χ0) is 34.1. The van der Waals surface area contributed by atoms with Gasteiger partial charge in [-0.25, -0.2) is 0 Å². The molecule has 3 saturated carbocycles. The highest BCUT2D eigenvalue weighted by atomic mass is 28.4. The Kier molecular flexibility index (Phi) is 12.7. The summed E-state index contributed by atoms with van der Waals surface area (Å²) in [5.74, 6) is 0.908. The molecule has 0 saturated heterocycles. The van der Waals surface area contributed by atoms with Gasteiger partial charge in [-0.05, 0) is 152 Å². The van der Waals surface area contributed by atoms with Gasteiger partial charge in [-0.3, -0.25) is 0 Å². The monoisotopic (exact) mass is 677 g/mol. The predicted octanol–water partition coefficient (Wildman–Crippen LogP) is 13.0. The minimum atomic E-state index is -1.85. The molecule has 6 heteroatoms. The van der Waals surface area contributed by atoms with Gasteiger partial charge >= 0.3 is 0 Å². The summed E-state index contributed by atoms with van der Waals surface area (Å²) >= 11 is 0. The van der Waals surface area contributed by atoms with Crippen LogP contribution in [0.3, 0.4) is 0 Å². The molecule has 0 amide bonds. The molecule has 3 fully saturated rings. The van der Waals surface area contributed by atoms with Crippen LogP contribution < -0.4 is 0 Å². The Bertz CT molecular complexity index is 999. The van der Waals surface area contributed by atoms with Gasteiger partial charge in [0.2, 0.25) is 0 Å². The number of rotatable bonds is 11. The Balaban J connectivity index is 1.67. The molecule has 0 bridgehead atoms. The SMILES string of the molecule is CC(C)(CCC[C@H]1CC[C@]2(CCC/C(=C/C=C3C[C@@H](O[Si](C)(C)C(C)(C)C)C[C@H](O[Si](C)(C)C(C)(C)C)C3)C2)C1)O[Si](C)(C)C. The molecular weight excluding hydrogens is 601 g/mol. The highest BCUT2D eigenvalue weighted by Gasteiger charge is 2.44. The van der Waals surface area contributed by atoms with Gasteiger partial charge in [-0.1, -0.05) is 77.7 Å². The normalized spacial score (nSPS) is 28.7. The van der Waals surface area contributed by atoms with Gasteiger partial charge in [0.25, 0.3) is 0 Å². The Labute approximate surface area is 284 Å². The van der Waals surface area contributed by atoms with Crippen molar-refractivity contribution in [1.82, 2.24) is 0 Å². The third kappa shape index (κ3) is 11.8. The molecule has 0 heterocycles. The fourth-order valence-corrected chi connectivity index (χ4v) is 12.5. The van der Waals surface area contributed by atoms with E-state index in [0.29, 0.717) is 5.41 Å². The van der Waals surface area contributed by atoms with Crippen molar-refractivity contribution in [3.63, 3.8) is 0 Å². The van der Waals surface area contributed by atoms with E-state index in [9.17, 15) is 0 Å². The average molecular weight is 677 g/mol. The average Bonchev–Trinajstić information content (AvgIpc) is 3.20. The Hall–Kier alpha value is 0.0106. The number of allylic oxidation sites excluding steroid dienone is 3. The van der Waals surface area contributed by atoms with Crippen molar-refractivity contribution >= 4 is 25.0 Å². The van der Waals surface area contributed by atoms with Crippen LogP contribution in [-0.2, 0) is 13.3 Å². The molecule has 262 valence electrons. The molecule has 0 aromatic carbocycles. The summed E-state index contributed by atoms with van der Waals surface area (Å²) < 4.78 is 20.6. The van der Waals surface area contributed by atoms with Gasteiger partial charge in [0.05, 0.1) is 17.8 Å². The van der Waals surface area contributed by atoms with Crippen molar-refractivity contribution in [2.24, 2.45) is 11.3 Å². The molecule has 0 radical (unpaired) electrons. The maximum atomic E-state index is 7.07. The first-order valence-electron chi connectivity index (χ1n) is 18.7. The van der Waals surface area contributed by atoms with E-state index >= 15 is 0 Å². The lowest BCUT2D eigenvalue weighted by Gasteiger charge is -2.45. The van der Waals surface area contributed by atoms with Gasteiger partial charge in [0.15, 0.2) is 25.0 Å². The molecule has 3 rings (SSSR count). The second-order valence-corrected chi connectivity index (χ2v) is 34.2. The van der Waals surface area contributed by atoms with Crippen molar-refractivity contribution in [3.8, 4) is 0 Å². The summed E-state index contributed by atoms with van der Waals surface area (Å²) in [6.45, 7) is 35.4. The maximum absolute atomic E-state index is 7.07. The van der Waals surface area contributed by atoms with Crippen LogP contribution in [0.5, 0.6) is 0 Å². The minimum absolute atomic E-state index is 0.0254. The lowest BCUT2D eigenvalue weighted by atomic mass is 9.70. The molecule has 0 N–H and O–H groups in total. The molecular formula is C39H76O3Si3. The van der Waals surface area contributed by atoms with E-state index in [2.05, 4.69) is 113 Å². The first-order valence-corrected chi connectivity index (χ1v) is 28.0. The van der Waals surface area contributed by atoms with Crippen molar-refractivity contribution < 1.29 is 13.3 Å². The molecule has 45 heavy (non-hydrogen) atoms. The quantitative estimate of drug-likeness (QED) is 0.204. The lowest BCUT2D eigenvalue weighted by molar-refractivity contribution is 0.0725. The summed E-state index contributed by atoms with van der Waals surface area (Å²) in [7, 11) is -5.21. The van der Waals surface area contributed by atoms with Crippen molar-refractivity contribution in [2.75, 3.05) is 0 Å². The predicted molar refractivity (Wildman–Crippen MR) is 205 cm³/mol. The van der Waals surface area contributed by atoms with Gasteiger partial charge < -0.3 is 13.3 Å². The van der Waals surface area contributed by atoms with Crippen LogP contribution in [0.25, 0.3) is 0 Å². The molecule has 3 nitrogen and oxygen atoms in total. The third-order valence-electron chi connectivity index (χ3n) is 12.2. The molecule has 0 unspecified atom stereocenters. The van der Waals surface area contributed by atoms with E-state index < -0.39 is 25.0 Å². The molecule has 0 aliphatic heterocycles. The molecule has 3 aliphatic carbocycles. The zero-order valence-corrected chi connectivity index (χ0v) is 35.8. The van der Waals surface area contributed by atoms with Crippen molar-refractivity contribution in [1.29, 1.82) is 0 Å². The van der Waals surface area contributed by atoms with Crippen LogP contribution in [0.1, 0.15) is 139 Å². The first kappa shape index (κ1) is 39.4. The standard InChI is InChI=1S/C39H76O3Si3/c1-36(2,3)44(12,13)40-34-26-33(27-35(28-34)41-45(14,15)37(4,5)6)21-20-31-19-17-24-39(29-31)25-22-32(30-39)18-16-23-38(7,8)42-43(9,10)11/h20-21,32,34-35H,16-19,22-30H2,1-15H3/b31-20-/t32-,34+,35+,39-/m0/s1. The summed E-state index contributed by atoms with van der Waals surface area (Å²) in [5.41, 5.74) is 3.84. The zero-order valence-electron chi connectivity index (χ0n) is 32.8. The summed E-state index contributed by atoms with van der Waals surface area (Å²) in [5, 5.41) is 0.444. The summed E-state index contributed by atoms with van der Waals surface area (Å²) in [4.78, 5) is 0. The molecule has 1 spiro atoms. The van der Waals surface area contributed by atoms with E-state index in [1.807, 2.05) is 0 Å². The van der Waals surface area contributed by atoms with Crippen molar-refractivity contribution in [3.05, 3.63) is 23.3 Å². The van der Waals surface area contributed by atoms with Crippen LogP contribution in [0, 0.1) is 11.3 Å². The van der Waals surface area contributed by atoms with E-state index in [1.165, 1.54) is 64.2 Å². The molecule has 4 atom stereocenters. The second-order valence-electron chi connectivity index (χ2n) is 20.3. The van der Waals surface area contributed by atoms with Crippen LogP contribution in [0.4, 0.5) is 0 Å². The second kappa shape index (κ2) is 14.5. The fourth-order valence-electron chi connectivity index (χ4n) is 8.01. The topological polar surface area (TPSA) is 27.7 Å². The minimum Gasteiger partial charge on any atom is -0.414 e. The highest BCUT2D eigenvalue weighted by Crippen LogP contribution is 2.54. The van der Waals surface area contributed by atoms with Crippen molar-refractivity contribution in [2.45, 2.75) is 213 Å². The molecule has 0 aromatic rings. The van der Waals surface area contributed by atoms with Gasteiger partial charge in [-0.2, -0.15) is 0 Å². The highest BCUT2D eigenvalue weighted by molar-refractivity contribution is 6.74.